The lowest BCUT2D eigenvalue weighted by molar-refractivity contribution is 0.415. The number of methoxy groups -OCH3 is 1. The Hall–Kier alpha value is -3.14. The monoisotopic (exact) mass is 322 g/mol. The Morgan fingerprint density at radius 2 is 2.08 bits per heavy atom. The first kappa shape index (κ1) is 15.7. The van der Waals surface area contributed by atoms with Gasteiger partial charge in [0.05, 0.1) is 25.1 Å². The number of amidine groups is 1. The maximum absolute atomic E-state index is 9.02. The molecule has 7 heteroatoms. The highest BCUT2D eigenvalue weighted by Crippen LogP contribution is 2.27. The molecule has 0 amide bonds. The van der Waals surface area contributed by atoms with Gasteiger partial charge in [0.2, 0.25) is 0 Å². The van der Waals surface area contributed by atoms with Crippen molar-refractivity contribution in [1.82, 2.24) is 15.1 Å². The van der Waals surface area contributed by atoms with Crippen molar-refractivity contribution in [2.24, 2.45) is 9.98 Å². The van der Waals surface area contributed by atoms with E-state index >= 15 is 0 Å². The van der Waals surface area contributed by atoms with E-state index in [1.807, 2.05) is 49.0 Å². The molecule has 0 unspecified atom stereocenters. The molecule has 0 bridgehead atoms. The minimum atomic E-state index is 0.383. The van der Waals surface area contributed by atoms with Gasteiger partial charge in [-0.3, -0.25) is 15.0 Å². The SMILES string of the molecule is CCn1nc(C)c2c1C(NC#N)=NCC(c1ccc(OC)cc1)=N2. The summed E-state index contributed by atoms with van der Waals surface area (Å²) in [4.78, 5) is 9.33. The van der Waals surface area contributed by atoms with Gasteiger partial charge >= 0.3 is 0 Å². The summed E-state index contributed by atoms with van der Waals surface area (Å²) < 4.78 is 7.01. The van der Waals surface area contributed by atoms with Crippen molar-refractivity contribution in [2.75, 3.05) is 13.7 Å². The minimum Gasteiger partial charge on any atom is -0.497 e. The number of aromatic nitrogens is 2. The highest BCUT2D eigenvalue weighted by Gasteiger charge is 2.23. The Bertz CT molecular complexity index is 854. The number of nitrogens with one attached hydrogen (secondary N) is 1. The Balaban J connectivity index is 2.12. The molecule has 0 atom stereocenters. The third-order valence-electron chi connectivity index (χ3n) is 3.85. The smallest absolute Gasteiger partial charge is 0.182 e. The van der Waals surface area contributed by atoms with Crippen LogP contribution in [0.2, 0.25) is 0 Å². The summed E-state index contributed by atoms with van der Waals surface area (Å²) in [6.07, 6.45) is 1.95. The molecule has 1 aromatic carbocycles. The molecule has 0 saturated heterocycles. The number of aryl methyl sites for hydroxylation is 2. The van der Waals surface area contributed by atoms with Gasteiger partial charge in [-0.1, -0.05) is 0 Å². The van der Waals surface area contributed by atoms with Crippen LogP contribution in [-0.2, 0) is 6.54 Å². The van der Waals surface area contributed by atoms with Crippen molar-refractivity contribution in [3.8, 4) is 11.9 Å². The largest absolute Gasteiger partial charge is 0.497 e. The van der Waals surface area contributed by atoms with Gasteiger partial charge in [-0.25, -0.2) is 4.99 Å². The van der Waals surface area contributed by atoms with Crippen LogP contribution in [0.3, 0.4) is 0 Å². The zero-order chi connectivity index (χ0) is 17.1. The molecule has 0 saturated carbocycles. The first-order valence-electron chi connectivity index (χ1n) is 7.67. The van der Waals surface area contributed by atoms with Crippen LogP contribution in [0.4, 0.5) is 5.69 Å². The second kappa shape index (κ2) is 6.54. The molecule has 1 aliphatic heterocycles. The number of nitriles is 1. The number of hydrogen-bond acceptors (Lipinski definition) is 6. The van der Waals surface area contributed by atoms with Crippen molar-refractivity contribution in [3.63, 3.8) is 0 Å². The van der Waals surface area contributed by atoms with E-state index in [0.717, 1.165) is 34.1 Å². The second-order valence-electron chi connectivity index (χ2n) is 5.29. The summed E-state index contributed by atoms with van der Waals surface area (Å²) in [6, 6.07) is 7.69. The number of fused-ring (bicyclic) bond motifs is 1. The summed E-state index contributed by atoms with van der Waals surface area (Å²) in [5.74, 6) is 1.29. The molecule has 1 N–H and O–H groups in total. The fourth-order valence-electron chi connectivity index (χ4n) is 2.66. The Morgan fingerprint density at radius 3 is 2.71 bits per heavy atom. The molecule has 122 valence electrons. The molecule has 1 aliphatic rings. The van der Waals surface area contributed by atoms with E-state index < -0.39 is 0 Å². The molecule has 24 heavy (non-hydrogen) atoms. The lowest BCUT2D eigenvalue weighted by Gasteiger charge is -2.05. The molecule has 0 aliphatic carbocycles. The van der Waals surface area contributed by atoms with Crippen LogP contribution >= 0.6 is 0 Å². The standard InChI is InChI=1S/C17H18N6O/c1-4-23-16-15(11(2)22-23)21-14(9-19-17(16)20-10-18)12-5-7-13(24-3)8-6-12/h5-8H,4,9H2,1-3H3,(H,19,20). The van der Waals surface area contributed by atoms with Crippen molar-refractivity contribution in [1.29, 1.82) is 5.26 Å². The predicted molar refractivity (Wildman–Crippen MR) is 92.0 cm³/mol. The van der Waals surface area contributed by atoms with Crippen LogP contribution in [0.5, 0.6) is 5.75 Å². The first-order chi connectivity index (χ1) is 11.7. The van der Waals surface area contributed by atoms with Gasteiger partial charge in [0.25, 0.3) is 0 Å². The highest BCUT2D eigenvalue weighted by atomic mass is 16.5. The number of rotatable bonds is 3. The van der Waals surface area contributed by atoms with E-state index in [1.54, 1.807) is 7.11 Å². The van der Waals surface area contributed by atoms with Crippen LogP contribution in [0.25, 0.3) is 0 Å². The van der Waals surface area contributed by atoms with Gasteiger partial charge in [-0.15, -0.1) is 0 Å². The van der Waals surface area contributed by atoms with E-state index in [-0.39, 0.29) is 0 Å². The molecule has 0 spiro atoms. The third-order valence-corrected chi connectivity index (χ3v) is 3.85. The molecule has 7 nitrogen and oxygen atoms in total. The van der Waals surface area contributed by atoms with Crippen LogP contribution in [0.15, 0.2) is 34.3 Å². The van der Waals surface area contributed by atoms with E-state index in [2.05, 4.69) is 15.4 Å². The van der Waals surface area contributed by atoms with E-state index in [1.165, 1.54) is 0 Å². The lowest BCUT2D eigenvalue weighted by Crippen LogP contribution is -2.23. The quantitative estimate of drug-likeness (QED) is 0.693. The Morgan fingerprint density at radius 1 is 1.33 bits per heavy atom. The van der Waals surface area contributed by atoms with Crippen LogP contribution in [0.1, 0.15) is 23.9 Å². The fraction of sp³-hybridized carbons (Fsp3) is 0.294. The molecule has 0 radical (unpaired) electrons. The van der Waals surface area contributed by atoms with Gasteiger partial charge in [-0.2, -0.15) is 10.4 Å². The fourth-order valence-corrected chi connectivity index (χ4v) is 2.66. The van der Waals surface area contributed by atoms with Gasteiger partial charge in [0.1, 0.15) is 17.1 Å². The van der Waals surface area contributed by atoms with Crippen molar-refractivity contribution in [3.05, 3.63) is 41.2 Å². The van der Waals surface area contributed by atoms with Crippen molar-refractivity contribution >= 4 is 17.2 Å². The molecule has 2 aromatic rings. The normalized spacial score (nSPS) is 13.2. The first-order valence-corrected chi connectivity index (χ1v) is 7.67. The zero-order valence-electron chi connectivity index (χ0n) is 13.9. The van der Waals surface area contributed by atoms with Gasteiger partial charge in [0.15, 0.2) is 12.0 Å². The number of ether oxygens (including phenoxy) is 1. The maximum Gasteiger partial charge on any atom is 0.182 e. The maximum atomic E-state index is 9.02. The average molecular weight is 322 g/mol. The number of aliphatic imine (C=N–C) groups is 2. The summed E-state index contributed by atoms with van der Waals surface area (Å²) >= 11 is 0. The van der Waals surface area contributed by atoms with Crippen molar-refractivity contribution in [2.45, 2.75) is 20.4 Å². The van der Waals surface area contributed by atoms with Gasteiger partial charge in [-0.05, 0) is 43.7 Å². The third kappa shape index (κ3) is 2.74. The van der Waals surface area contributed by atoms with E-state index in [0.29, 0.717) is 18.9 Å². The second-order valence-corrected chi connectivity index (χ2v) is 5.29. The molecular formula is C17H18N6O. The summed E-state index contributed by atoms with van der Waals surface area (Å²) in [7, 11) is 1.64. The van der Waals surface area contributed by atoms with Crippen molar-refractivity contribution < 1.29 is 4.74 Å². The number of benzene rings is 1. The van der Waals surface area contributed by atoms with Crippen LogP contribution in [0, 0.1) is 18.4 Å². The summed E-state index contributed by atoms with van der Waals surface area (Å²) in [5, 5.41) is 16.2. The van der Waals surface area contributed by atoms with Crippen LogP contribution in [-0.4, -0.2) is 35.0 Å². The zero-order valence-corrected chi connectivity index (χ0v) is 13.9. The lowest BCUT2D eigenvalue weighted by atomic mass is 10.1. The Kier molecular flexibility index (Phi) is 4.29. The van der Waals surface area contributed by atoms with E-state index in [4.69, 9.17) is 15.0 Å². The summed E-state index contributed by atoms with van der Waals surface area (Å²) in [6.45, 7) is 4.97. The molecule has 3 rings (SSSR count). The topological polar surface area (TPSA) is 87.6 Å². The highest BCUT2D eigenvalue weighted by molar-refractivity contribution is 6.11. The molecule has 2 heterocycles. The Labute approximate surface area is 140 Å². The molecule has 1 aromatic heterocycles. The van der Waals surface area contributed by atoms with E-state index in [9.17, 15) is 0 Å². The molecular weight excluding hydrogens is 304 g/mol. The van der Waals surface area contributed by atoms with Gasteiger partial charge in [0, 0.05) is 6.54 Å². The number of nitrogens with zero attached hydrogens (tertiary/aromatic N) is 5. The average Bonchev–Trinajstić information content (AvgIpc) is 2.80. The summed E-state index contributed by atoms with van der Waals surface area (Å²) in [5.41, 5.74) is 4.11. The van der Waals surface area contributed by atoms with Gasteiger partial charge < -0.3 is 4.74 Å². The van der Waals surface area contributed by atoms with Crippen LogP contribution < -0.4 is 10.1 Å². The number of hydrogen-bond donors (Lipinski definition) is 1. The predicted octanol–water partition coefficient (Wildman–Crippen LogP) is 2.17. The minimum absolute atomic E-state index is 0.383. The molecule has 0 fully saturated rings.